The first-order valence-electron chi connectivity index (χ1n) is 8.96. The van der Waals surface area contributed by atoms with Crippen molar-refractivity contribution in [1.82, 2.24) is 15.2 Å². The molecule has 28 heavy (non-hydrogen) atoms. The average Bonchev–Trinajstić information content (AvgIpc) is 2.99. The summed E-state index contributed by atoms with van der Waals surface area (Å²) in [7, 11) is 0. The number of benzene rings is 1. The molecule has 1 aliphatic rings. The highest BCUT2D eigenvalue weighted by Gasteiger charge is 2.47. The van der Waals surface area contributed by atoms with Crippen LogP contribution >= 0.6 is 0 Å². The number of likely N-dealkylation sites (tertiary alicyclic amines) is 1. The second-order valence-corrected chi connectivity index (χ2v) is 7.17. The Kier molecular flexibility index (Phi) is 5.27. The first-order valence-corrected chi connectivity index (χ1v) is 8.96. The van der Waals surface area contributed by atoms with E-state index in [1.165, 1.54) is 6.20 Å². The lowest BCUT2D eigenvalue weighted by Gasteiger charge is -2.19. The molecule has 1 unspecified atom stereocenters. The van der Waals surface area contributed by atoms with Crippen molar-refractivity contribution in [3.63, 3.8) is 0 Å². The number of hydrogen-bond donors (Lipinski definition) is 1. The van der Waals surface area contributed by atoms with Crippen molar-refractivity contribution in [3.05, 3.63) is 41.6 Å². The number of alkyl halides is 2. The number of nitriles is 1. The largest absolute Gasteiger partial charge is 0.343 e. The van der Waals surface area contributed by atoms with Crippen molar-refractivity contribution in [3.8, 4) is 6.07 Å². The second kappa shape index (κ2) is 7.50. The van der Waals surface area contributed by atoms with Crippen LogP contribution in [0.2, 0.25) is 0 Å². The van der Waals surface area contributed by atoms with Crippen LogP contribution in [0.5, 0.6) is 0 Å². The van der Waals surface area contributed by atoms with Crippen LogP contribution in [0.4, 0.5) is 8.78 Å². The number of hydrogen-bond acceptors (Lipinski definition) is 4. The number of rotatable bonds is 4. The van der Waals surface area contributed by atoms with Crippen LogP contribution in [0.15, 0.2) is 30.5 Å². The average molecular weight is 388 g/mol. The standard InChI is InChI=1S/C20H20F2N4O2.H2/c1-12(2)14-4-3-5-15-16(6-7-24-18(14)15)19(28)25-10-17(27)26-11-20(21,22)8-13(26)9-23;/h3-7,12-13H,8,10-11H2,1-2H3,(H,25,28);1H. The first-order chi connectivity index (χ1) is 13.2. The topological polar surface area (TPSA) is 86.1 Å². The predicted octanol–water partition coefficient (Wildman–Crippen LogP) is 3.09. The van der Waals surface area contributed by atoms with Crippen molar-refractivity contribution >= 4 is 22.7 Å². The van der Waals surface area contributed by atoms with Gasteiger partial charge in [0.05, 0.1) is 30.2 Å². The molecule has 0 spiro atoms. The van der Waals surface area contributed by atoms with Crippen molar-refractivity contribution < 1.29 is 19.8 Å². The van der Waals surface area contributed by atoms with Crippen LogP contribution in [0.1, 0.15) is 43.5 Å². The minimum absolute atomic E-state index is 0. The molecule has 1 saturated heterocycles. The highest BCUT2D eigenvalue weighted by atomic mass is 19.3. The number of nitrogens with one attached hydrogen (secondary N) is 1. The van der Waals surface area contributed by atoms with E-state index in [4.69, 9.17) is 5.26 Å². The third kappa shape index (κ3) is 3.79. The van der Waals surface area contributed by atoms with E-state index in [9.17, 15) is 18.4 Å². The lowest BCUT2D eigenvalue weighted by molar-refractivity contribution is -0.131. The maximum Gasteiger partial charge on any atom is 0.268 e. The van der Waals surface area contributed by atoms with E-state index >= 15 is 0 Å². The lowest BCUT2D eigenvalue weighted by atomic mass is 9.97. The van der Waals surface area contributed by atoms with Gasteiger partial charge in [0.2, 0.25) is 5.91 Å². The highest BCUT2D eigenvalue weighted by molar-refractivity contribution is 6.07. The summed E-state index contributed by atoms with van der Waals surface area (Å²) in [5.74, 6) is -4.08. The molecule has 2 aromatic rings. The van der Waals surface area contributed by atoms with Crippen molar-refractivity contribution in [2.45, 2.75) is 38.2 Å². The Morgan fingerprint density at radius 2 is 2.18 bits per heavy atom. The molecule has 148 valence electrons. The Hall–Kier alpha value is -3.08. The Balaban J connectivity index is 0.00000300. The number of halogens is 2. The maximum absolute atomic E-state index is 13.5. The van der Waals surface area contributed by atoms with E-state index in [-0.39, 0.29) is 7.34 Å². The number of carbonyl (C=O) groups excluding carboxylic acids is 2. The van der Waals surface area contributed by atoms with Gasteiger partial charge in [-0.1, -0.05) is 32.0 Å². The molecule has 3 rings (SSSR count). The molecular formula is C20H22F2N4O2. The number of carbonyl (C=O) groups is 2. The molecule has 1 aliphatic heterocycles. The van der Waals surface area contributed by atoms with Crippen LogP contribution in [0, 0.1) is 11.3 Å². The van der Waals surface area contributed by atoms with E-state index < -0.39 is 43.3 Å². The van der Waals surface area contributed by atoms with E-state index in [0.717, 1.165) is 10.5 Å². The molecule has 8 heteroatoms. The monoisotopic (exact) mass is 388 g/mol. The summed E-state index contributed by atoms with van der Waals surface area (Å²) in [6, 6.07) is 7.64. The normalized spacial score (nSPS) is 18.3. The molecular weight excluding hydrogens is 366 g/mol. The zero-order valence-electron chi connectivity index (χ0n) is 15.6. The van der Waals surface area contributed by atoms with E-state index in [0.29, 0.717) is 16.5 Å². The van der Waals surface area contributed by atoms with Crippen molar-refractivity contribution in [2.24, 2.45) is 0 Å². The first kappa shape index (κ1) is 19.7. The molecule has 1 N–H and O–H groups in total. The van der Waals surface area contributed by atoms with Crippen molar-refractivity contribution in [2.75, 3.05) is 13.1 Å². The summed E-state index contributed by atoms with van der Waals surface area (Å²) in [6.45, 7) is 2.79. The molecule has 1 aromatic heterocycles. The number of para-hydroxylation sites is 1. The minimum Gasteiger partial charge on any atom is -0.343 e. The summed E-state index contributed by atoms with van der Waals surface area (Å²) in [4.78, 5) is 30.1. The fraction of sp³-hybridized carbons (Fsp3) is 0.400. The summed E-state index contributed by atoms with van der Waals surface area (Å²) < 4.78 is 27.0. The van der Waals surface area contributed by atoms with E-state index in [2.05, 4.69) is 10.3 Å². The van der Waals surface area contributed by atoms with Gasteiger partial charge in [-0.15, -0.1) is 0 Å². The Bertz CT molecular complexity index is 975. The van der Waals surface area contributed by atoms with Gasteiger partial charge in [0, 0.05) is 19.4 Å². The van der Waals surface area contributed by atoms with Gasteiger partial charge < -0.3 is 10.2 Å². The minimum atomic E-state index is -3.09. The van der Waals surface area contributed by atoms with E-state index in [1.807, 2.05) is 26.0 Å². The summed E-state index contributed by atoms with van der Waals surface area (Å²) in [5.41, 5.74) is 2.06. The number of fused-ring (bicyclic) bond motifs is 1. The van der Waals surface area contributed by atoms with Crippen LogP contribution in [-0.2, 0) is 4.79 Å². The molecule has 2 heterocycles. The van der Waals surface area contributed by atoms with Crippen molar-refractivity contribution in [1.29, 1.82) is 5.26 Å². The van der Waals surface area contributed by atoms with Crippen LogP contribution in [-0.4, -0.2) is 46.8 Å². The molecule has 1 fully saturated rings. The Morgan fingerprint density at radius 3 is 2.86 bits per heavy atom. The van der Waals surface area contributed by atoms with Gasteiger partial charge in [0.15, 0.2) is 0 Å². The van der Waals surface area contributed by atoms with Gasteiger partial charge in [-0.25, -0.2) is 8.78 Å². The summed E-state index contributed by atoms with van der Waals surface area (Å²) in [6.07, 6.45) is 0.841. The van der Waals surface area contributed by atoms with E-state index in [1.54, 1.807) is 18.2 Å². The smallest absolute Gasteiger partial charge is 0.268 e. The number of aromatic nitrogens is 1. The number of nitrogens with zero attached hydrogens (tertiary/aromatic N) is 3. The van der Waals surface area contributed by atoms with Gasteiger partial charge in [0.25, 0.3) is 11.8 Å². The van der Waals surface area contributed by atoms with Crippen LogP contribution in [0.3, 0.4) is 0 Å². The van der Waals surface area contributed by atoms with Gasteiger partial charge in [-0.05, 0) is 17.5 Å². The summed E-state index contributed by atoms with van der Waals surface area (Å²) in [5, 5.41) is 12.1. The quantitative estimate of drug-likeness (QED) is 0.872. The number of pyridine rings is 1. The molecule has 0 saturated carbocycles. The Labute approximate surface area is 162 Å². The predicted molar refractivity (Wildman–Crippen MR) is 101 cm³/mol. The molecule has 1 atom stereocenters. The van der Waals surface area contributed by atoms with Crippen LogP contribution < -0.4 is 5.32 Å². The number of amides is 2. The molecule has 6 nitrogen and oxygen atoms in total. The van der Waals surface area contributed by atoms with Gasteiger partial charge in [-0.2, -0.15) is 5.26 Å². The fourth-order valence-corrected chi connectivity index (χ4v) is 3.41. The zero-order valence-corrected chi connectivity index (χ0v) is 15.6. The van der Waals surface area contributed by atoms with Gasteiger partial charge >= 0.3 is 0 Å². The van der Waals surface area contributed by atoms with Gasteiger partial charge in [-0.3, -0.25) is 14.6 Å². The second-order valence-electron chi connectivity index (χ2n) is 7.17. The molecule has 2 amide bonds. The van der Waals surface area contributed by atoms with Crippen LogP contribution in [0.25, 0.3) is 10.9 Å². The fourth-order valence-electron chi connectivity index (χ4n) is 3.41. The lowest BCUT2D eigenvalue weighted by Crippen LogP contribution is -2.43. The maximum atomic E-state index is 13.5. The molecule has 0 bridgehead atoms. The SMILES string of the molecule is CC(C)c1cccc2c(C(=O)NCC(=O)N3CC(F)(F)CC3C#N)ccnc12.[HH]. The zero-order chi connectivity index (χ0) is 20.5. The molecule has 0 aliphatic carbocycles. The van der Waals surface area contributed by atoms with Gasteiger partial charge in [0.1, 0.15) is 6.04 Å². The third-order valence-corrected chi connectivity index (χ3v) is 4.81. The molecule has 1 aromatic carbocycles. The third-order valence-electron chi connectivity index (χ3n) is 4.81. The Morgan fingerprint density at radius 1 is 1.43 bits per heavy atom. The molecule has 0 radical (unpaired) electrons. The highest BCUT2D eigenvalue weighted by Crippen LogP contribution is 2.31. The summed E-state index contributed by atoms with van der Waals surface area (Å²) >= 11 is 0.